The van der Waals surface area contributed by atoms with Crippen molar-refractivity contribution in [3.63, 3.8) is 0 Å². The molecule has 0 bridgehead atoms. The van der Waals surface area contributed by atoms with Crippen molar-refractivity contribution in [3.8, 4) is 0 Å². The fourth-order valence-electron chi connectivity index (χ4n) is 14.5. The SMILES string of the molecule is CCC(CO)OC(CO)OC.CCC(CO)OC(COC(=O)CCCC(=O)NCCCNC(=O)CCC(C)(C)SSC)OC.CCC(CO)OC(COC(=O)CCCC(=O)N[C@H](C)C(=O)OCCOC(=O)[C@H](Cc1ccccc1)NC(=O)[C@H](C)[C@@H](OC)[C@@H]1CCCN1C(=O)C[C@@H](OC)[C@H]([C@@H](C)CC)N(C)C(=O)[C@@H](NC(=O)[C@H](C(C)C)N(C)C)C(C)C)OC.CCC(CO)OC(COC(=O)CCCC(=O)O)OC. The maximum absolute atomic E-state index is 14.5. The maximum Gasteiger partial charge on any atom is 0.329 e. The topological polar surface area (TPSA) is 552 Å². The highest BCUT2D eigenvalue weighted by Crippen LogP contribution is 2.37. The summed E-state index contributed by atoms with van der Waals surface area (Å²) in [6.45, 7) is 26.1. The fraction of sp³-hybridized carbons (Fsp3) is 0.806. The number of nitrogens with zero attached hydrogens (tertiary/aromatic N) is 3. The Labute approximate surface area is 849 Å². The third kappa shape index (κ3) is 59.3. The number of methoxy groups -OCH3 is 6. The van der Waals surface area contributed by atoms with Crippen LogP contribution in [0.5, 0.6) is 0 Å². The Kier molecular flexibility index (Phi) is 77.4. The number of carboxylic acids is 1. The summed E-state index contributed by atoms with van der Waals surface area (Å²) in [5.74, 6) is -7.13. The zero-order valence-electron chi connectivity index (χ0n) is 88.7. The number of aliphatic hydroxyl groups is 5. The summed E-state index contributed by atoms with van der Waals surface area (Å²) in [6, 6.07) is 4.48. The van der Waals surface area contributed by atoms with Crippen LogP contribution >= 0.6 is 21.6 Å². The Hall–Kier alpha value is -7.61. The quantitative estimate of drug-likeness (QED) is 0.0111. The van der Waals surface area contributed by atoms with Crippen LogP contribution in [0.1, 0.15) is 231 Å². The lowest BCUT2D eigenvalue weighted by Gasteiger charge is -2.41. The minimum absolute atomic E-state index is 0.00000464. The molecule has 2 rings (SSSR count). The van der Waals surface area contributed by atoms with Crippen molar-refractivity contribution in [1.82, 2.24) is 41.3 Å². The molecular formula is C98H176N8O34S2. The Bertz CT molecular complexity index is 3610. The van der Waals surface area contributed by atoms with E-state index in [0.29, 0.717) is 83.8 Å². The average Bonchev–Trinajstić information content (AvgIpc) is 1.37. The molecule has 1 aromatic rings. The lowest BCUT2D eigenvalue weighted by Crippen LogP contribution is -2.59. The summed E-state index contributed by atoms with van der Waals surface area (Å²) in [4.78, 5) is 170. The number of carbonyl (C=O) groups is 13. The van der Waals surface area contributed by atoms with Crippen molar-refractivity contribution in [2.75, 3.05) is 156 Å². The molecule has 18 atom stereocenters. The minimum Gasteiger partial charge on any atom is -0.481 e. The van der Waals surface area contributed by atoms with Crippen LogP contribution in [0.4, 0.5) is 0 Å². The lowest BCUT2D eigenvalue weighted by atomic mass is 9.89. The number of carboxylic acid groups (broad SMARTS) is 1. The van der Waals surface area contributed by atoms with E-state index in [1.165, 1.54) is 49.6 Å². The Morgan fingerprint density at radius 3 is 1.36 bits per heavy atom. The number of hydrogen-bond acceptors (Lipinski definition) is 36. The van der Waals surface area contributed by atoms with E-state index < -0.39 is 133 Å². The second kappa shape index (κ2) is 80.5. The molecule has 8 unspecified atom stereocenters. The van der Waals surface area contributed by atoms with Gasteiger partial charge in [0, 0.05) is 125 Å². The van der Waals surface area contributed by atoms with E-state index in [4.69, 9.17) is 96.6 Å². The summed E-state index contributed by atoms with van der Waals surface area (Å²) >= 11 is 0. The first-order chi connectivity index (χ1) is 67.4. The number of ether oxygens (including phenoxy) is 15. The van der Waals surface area contributed by atoms with Crippen LogP contribution in [0.2, 0.25) is 0 Å². The van der Waals surface area contributed by atoms with Crippen LogP contribution in [0.15, 0.2) is 30.3 Å². The highest BCUT2D eigenvalue weighted by atomic mass is 33.1. The van der Waals surface area contributed by atoms with Crippen molar-refractivity contribution in [2.24, 2.45) is 23.7 Å². The largest absolute Gasteiger partial charge is 0.481 e. The highest BCUT2D eigenvalue weighted by Gasteiger charge is 2.44. The molecule has 1 saturated heterocycles. The molecule has 11 N–H and O–H groups in total. The van der Waals surface area contributed by atoms with E-state index in [9.17, 15) is 67.4 Å². The van der Waals surface area contributed by atoms with Gasteiger partial charge in [-0.2, -0.15) is 0 Å². The van der Waals surface area contributed by atoms with Gasteiger partial charge in [0.2, 0.25) is 41.4 Å². The summed E-state index contributed by atoms with van der Waals surface area (Å²) in [7, 11) is 17.5. The highest BCUT2D eigenvalue weighted by molar-refractivity contribution is 8.76. The average molecular weight is 2070 g/mol. The van der Waals surface area contributed by atoms with E-state index in [-0.39, 0.29) is 201 Å². The second-order valence-corrected chi connectivity index (χ2v) is 38.8. The van der Waals surface area contributed by atoms with Crippen LogP contribution in [0.25, 0.3) is 0 Å². The van der Waals surface area contributed by atoms with Gasteiger partial charge in [-0.25, -0.2) is 9.59 Å². The van der Waals surface area contributed by atoms with Gasteiger partial charge >= 0.3 is 35.8 Å². The van der Waals surface area contributed by atoms with Crippen LogP contribution in [-0.4, -0.2) is 381 Å². The minimum atomic E-state index is -1.16. The van der Waals surface area contributed by atoms with Gasteiger partial charge in [0.15, 0.2) is 25.2 Å². The van der Waals surface area contributed by atoms with Gasteiger partial charge in [0.25, 0.3) is 0 Å². The van der Waals surface area contributed by atoms with E-state index in [2.05, 4.69) is 40.4 Å². The van der Waals surface area contributed by atoms with Crippen molar-refractivity contribution in [1.29, 1.82) is 0 Å². The Balaban J connectivity index is 0. The van der Waals surface area contributed by atoms with E-state index in [1.54, 1.807) is 69.6 Å². The van der Waals surface area contributed by atoms with E-state index in [0.717, 1.165) is 12.0 Å². The molecule has 0 aromatic heterocycles. The number of esters is 5. The molecule has 42 nitrogen and oxygen atoms in total. The molecule has 1 aliphatic heterocycles. The van der Waals surface area contributed by atoms with Gasteiger partial charge in [-0.15, -0.1) is 0 Å². The fourth-order valence-corrected chi connectivity index (χ4v) is 16.7. The summed E-state index contributed by atoms with van der Waals surface area (Å²) < 4.78 is 79.5. The second-order valence-electron chi connectivity index (χ2n) is 35.7. The van der Waals surface area contributed by atoms with Gasteiger partial charge in [0.1, 0.15) is 51.2 Å². The maximum atomic E-state index is 14.5. The van der Waals surface area contributed by atoms with Crippen LogP contribution < -0.4 is 26.6 Å². The van der Waals surface area contributed by atoms with Gasteiger partial charge in [-0.1, -0.05) is 135 Å². The van der Waals surface area contributed by atoms with Gasteiger partial charge in [-0.3, -0.25) is 57.6 Å². The number of hydrogen-bond donors (Lipinski definition) is 11. The van der Waals surface area contributed by atoms with Crippen LogP contribution in [0, 0.1) is 23.7 Å². The number of amides is 7. The monoisotopic (exact) mass is 2070 g/mol. The molecule has 0 aliphatic carbocycles. The first kappa shape index (κ1) is 136. The molecule has 1 heterocycles. The predicted octanol–water partition coefficient (Wildman–Crippen LogP) is 6.36. The summed E-state index contributed by atoms with van der Waals surface area (Å²) in [5.41, 5.74) is 0.735. The zero-order valence-corrected chi connectivity index (χ0v) is 90.4. The number of rotatable bonds is 74. The molecule has 44 heteroatoms. The molecule has 0 saturated carbocycles. The zero-order chi connectivity index (χ0) is 108. The van der Waals surface area contributed by atoms with Crippen molar-refractivity contribution < 1.29 is 164 Å². The first-order valence-corrected chi connectivity index (χ1v) is 51.7. The molecule has 0 spiro atoms. The third-order valence-electron chi connectivity index (χ3n) is 23.1. The standard InChI is InChI=1S/C57H96N6O16.C22H42N2O7S2.C12H22O7.C7H16O4/c1-16-37(7)51(62(12)55(70)49(35(3)4)60-54(69)50(36(5)6)61(10)11)44(73-13)32-46(66)63-28-22-25-43(63)52(75-15)38(8)53(68)59-42(31-40-23-19-18-20-24-40)57(72)77-30-29-76-56(71)39(9)58-45(65)26-21-27-47(67)78-34-48(74-14)79-41(17-2)33-64;1-6-17(15-25)31-21(29-4)16-30-20(28)10-7-9-18(26)23-13-8-14-24-19(27)11-12-22(2,3)33-32-5;1-3-9(7-13)19-12(17-2)8-18-11(16)6-4-5-10(14)15;1-3-6(4-8)11-7(5-9)10-2/h18-20,23-24,35-39,41-44,48-52,64H,16-17,21-22,25-34H2,1-15H3,(H,58,65)(H,59,68)(H,60,69);17,21,25H,6-16H2,1-5H3,(H,23,26)(H,24,27);9,12-13H,3-8H2,1-2H3,(H,14,15);6-9H,3-5H2,1-2H3/t37-,38+,39+,41?,42-,43-,44+,48?,49-,50-,51-,52+;;;/m0.../s1. The smallest absolute Gasteiger partial charge is 0.329 e. The number of aliphatic hydroxyl groups excluding tert-OH is 5. The Morgan fingerprint density at radius 1 is 0.507 bits per heavy atom. The van der Waals surface area contributed by atoms with Crippen molar-refractivity contribution in [3.05, 3.63) is 35.9 Å². The molecule has 7 amide bonds. The predicted molar refractivity (Wildman–Crippen MR) is 533 cm³/mol. The van der Waals surface area contributed by atoms with Crippen molar-refractivity contribution in [2.45, 2.75) is 335 Å². The normalized spacial score (nSPS) is 16.1. The Morgan fingerprint density at radius 2 is 0.958 bits per heavy atom. The number of likely N-dealkylation sites (N-methyl/N-ethyl adjacent to an activating group) is 2. The van der Waals surface area contributed by atoms with Gasteiger partial charge < -0.3 is 138 Å². The number of likely N-dealkylation sites (tertiary alicyclic amines) is 1. The molecular weight excluding hydrogens is 1900 g/mol. The summed E-state index contributed by atoms with van der Waals surface area (Å²) in [5, 5.41) is 67.3. The number of carbonyl (C=O) groups excluding carboxylic acids is 12. The number of nitrogens with one attached hydrogen (secondary N) is 5. The number of benzene rings is 1. The molecule has 1 aliphatic rings. The molecule has 1 fully saturated rings. The van der Waals surface area contributed by atoms with Crippen LogP contribution in [-0.2, 0) is 140 Å². The lowest BCUT2D eigenvalue weighted by molar-refractivity contribution is -0.194. The third-order valence-corrected chi connectivity index (χ3v) is 25.8. The van der Waals surface area contributed by atoms with E-state index in [1.807, 2.05) is 101 Å². The van der Waals surface area contributed by atoms with Crippen molar-refractivity contribution >= 4 is 98.8 Å². The van der Waals surface area contributed by atoms with Gasteiger partial charge in [0.05, 0.1) is 100 Å². The molecule has 142 heavy (non-hydrogen) atoms. The number of aliphatic carboxylic acids is 1. The molecule has 1 aromatic carbocycles. The van der Waals surface area contributed by atoms with Gasteiger partial charge in [-0.05, 0) is 135 Å². The van der Waals surface area contributed by atoms with Crippen LogP contribution in [0.3, 0.4) is 0 Å². The molecule has 824 valence electrons. The van der Waals surface area contributed by atoms with E-state index >= 15 is 0 Å². The molecule has 0 radical (unpaired) electrons. The first-order valence-electron chi connectivity index (χ1n) is 49.2. The summed E-state index contributed by atoms with van der Waals surface area (Å²) in [6.07, 6.45) is 3.29.